The molecule has 0 aromatic heterocycles. The molecule has 2 unspecified atom stereocenters. The molecule has 7 rings (SSSR count). The topological polar surface area (TPSA) is 151 Å². The molecule has 0 aliphatic carbocycles. The minimum Gasteiger partial charge on any atom is -0.490 e. The Kier molecular flexibility index (Phi) is 17.3. The van der Waals surface area contributed by atoms with Gasteiger partial charge >= 0.3 is 11.9 Å². The van der Waals surface area contributed by atoms with Gasteiger partial charge in [0, 0.05) is 57.6 Å². The number of carbonyl (C=O) groups is 4. The first-order valence-corrected chi connectivity index (χ1v) is 22.4. The van der Waals surface area contributed by atoms with Gasteiger partial charge in [-0.05, 0) is 108 Å². The number of para-hydroxylation sites is 2. The second kappa shape index (κ2) is 24.9. The van der Waals surface area contributed by atoms with E-state index in [9.17, 15) is 29.4 Å². The van der Waals surface area contributed by atoms with E-state index in [0.717, 1.165) is 22.3 Å². The molecule has 0 aliphatic heterocycles. The number of hydrogen-bond donors (Lipinski definition) is 4. The summed E-state index contributed by atoms with van der Waals surface area (Å²) in [5, 5.41) is 26.1. The van der Waals surface area contributed by atoms with Crippen molar-refractivity contribution >= 4 is 34.9 Å². The lowest BCUT2D eigenvalue weighted by Gasteiger charge is -2.18. The van der Waals surface area contributed by atoms with Gasteiger partial charge in [-0.3, -0.25) is 9.59 Å². The number of carbonyl (C=O) groups excluding carboxylic acids is 2. The van der Waals surface area contributed by atoms with E-state index in [1.165, 1.54) is 0 Å². The lowest BCUT2D eigenvalue weighted by atomic mass is 10.00. The molecule has 0 aliphatic rings. The highest BCUT2D eigenvalue weighted by atomic mass is 16.5. The van der Waals surface area contributed by atoms with Crippen LogP contribution in [0.3, 0.4) is 0 Å². The number of anilines is 2. The smallest absolute Gasteiger partial charge is 0.326 e. The number of ketones is 2. The van der Waals surface area contributed by atoms with E-state index in [1.54, 1.807) is 146 Å². The van der Waals surface area contributed by atoms with E-state index < -0.39 is 24.0 Å². The lowest BCUT2D eigenvalue weighted by Crippen LogP contribution is -2.32. The van der Waals surface area contributed by atoms with Crippen LogP contribution in [0, 0.1) is 23.7 Å². The van der Waals surface area contributed by atoms with Gasteiger partial charge in [0.05, 0.1) is 0 Å². The predicted molar refractivity (Wildman–Crippen MR) is 272 cm³/mol. The highest BCUT2D eigenvalue weighted by Crippen LogP contribution is 2.24. The van der Waals surface area contributed by atoms with Gasteiger partial charge in [-0.2, -0.15) is 0 Å². The Labute approximate surface area is 407 Å². The van der Waals surface area contributed by atoms with Crippen LogP contribution in [-0.2, 0) is 22.4 Å². The minimum atomic E-state index is -1.03. The maximum atomic E-state index is 13.2. The van der Waals surface area contributed by atoms with Gasteiger partial charge in [-0.25, -0.2) is 9.59 Å². The quantitative estimate of drug-likeness (QED) is 0.0430. The minimum absolute atomic E-state index is 0.190. The van der Waals surface area contributed by atoms with Crippen LogP contribution in [0.25, 0.3) is 0 Å². The highest BCUT2D eigenvalue weighted by Gasteiger charge is 2.23. The Morgan fingerprint density at radius 2 is 0.814 bits per heavy atom. The number of carboxylic acid groups (broad SMARTS) is 2. The molecular weight excluding hydrogens is 877 g/mol. The van der Waals surface area contributed by atoms with Crippen molar-refractivity contribution in [2.75, 3.05) is 23.8 Å². The third kappa shape index (κ3) is 14.3. The fourth-order valence-corrected chi connectivity index (χ4v) is 7.18. The standard InChI is InChI=1S/C60H48N2O8/c63-57(47-19-7-1-8-20-47)51-23-11-13-25-53(51)61-55(59(65)66)41-45-31-35-49(36-32-45)69-39-15-3-5-17-43-27-29-44(30-28-43)18-6-4-16-40-70-50-37-33-46(34-38-50)42-56(60(67)68)62-54-26-14-12-24-52(54)58(64)48-21-9-2-10-22-48/h1-4,7-16,19-38,55-56,61-62H,39-42H2,(H,65,66)(H,67,68). The first-order valence-electron chi connectivity index (χ1n) is 22.4. The van der Waals surface area contributed by atoms with Crippen LogP contribution >= 0.6 is 0 Å². The summed E-state index contributed by atoms with van der Waals surface area (Å²) in [6.07, 6.45) is 7.44. The molecule has 7 aromatic carbocycles. The van der Waals surface area contributed by atoms with Crippen LogP contribution in [0.15, 0.2) is 206 Å². The number of benzene rings is 7. The Morgan fingerprint density at radius 3 is 1.19 bits per heavy atom. The highest BCUT2D eigenvalue weighted by molar-refractivity contribution is 6.13. The van der Waals surface area contributed by atoms with Crippen LogP contribution < -0.4 is 20.1 Å². The van der Waals surface area contributed by atoms with Gasteiger partial charge in [-0.15, -0.1) is 0 Å². The third-order valence-electron chi connectivity index (χ3n) is 10.8. The summed E-state index contributed by atoms with van der Waals surface area (Å²) in [5.74, 6) is 11.0. The second-order valence-electron chi connectivity index (χ2n) is 15.8. The number of ether oxygens (including phenoxy) is 2. The molecule has 7 aromatic rings. The van der Waals surface area contributed by atoms with Crippen molar-refractivity contribution in [3.05, 3.63) is 251 Å². The SMILES string of the molecule is O=C(c1ccccc1)c1ccccc1NC(Cc1ccc(OCC=CC#Cc2ccc(C#CC=CCOc3ccc(CC(Nc4ccccc4C(=O)c4ccccc4)C(=O)O)cc3)cc2)cc1)C(=O)O. The zero-order valence-electron chi connectivity index (χ0n) is 38.0. The average Bonchev–Trinajstić information content (AvgIpc) is 3.39. The number of nitrogens with one attached hydrogen (secondary N) is 2. The molecule has 0 heterocycles. The summed E-state index contributed by atoms with van der Waals surface area (Å²) in [4.78, 5) is 50.8. The molecule has 2 atom stereocenters. The molecule has 0 saturated heterocycles. The number of carboxylic acids is 2. The number of allylic oxidation sites excluding steroid dienone is 2. The van der Waals surface area contributed by atoms with Gasteiger partial charge < -0.3 is 30.3 Å². The summed E-state index contributed by atoms with van der Waals surface area (Å²) in [6.45, 7) is 0.591. The number of hydrogen-bond acceptors (Lipinski definition) is 8. The second-order valence-corrected chi connectivity index (χ2v) is 15.8. The molecule has 70 heavy (non-hydrogen) atoms. The first kappa shape index (κ1) is 48.6. The van der Waals surface area contributed by atoms with Crippen molar-refractivity contribution < 1.29 is 38.9 Å². The summed E-state index contributed by atoms with van der Waals surface area (Å²) in [6, 6.07) is 51.7. The van der Waals surface area contributed by atoms with E-state index in [1.807, 2.05) is 60.7 Å². The molecule has 346 valence electrons. The maximum Gasteiger partial charge on any atom is 0.326 e. The first-order chi connectivity index (χ1) is 34.2. The molecule has 10 heteroatoms. The van der Waals surface area contributed by atoms with Crippen LogP contribution in [0.1, 0.15) is 54.1 Å². The Hall–Kier alpha value is -9.38. The van der Waals surface area contributed by atoms with E-state index in [-0.39, 0.29) is 24.4 Å². The Balaban J connectivity index is 0.810. The molecule has 0 radical (unpaired) electrons. The fraction of sp³-hybridized carbons (Fsp3) is 0.100. The molecular formula is C60H48N2O8. The summed E-state index contributed by atoms with van der Waals surface area (Å²) >= 11 is 0. The van der Waals surface area contributed by atoms with Crippen LogP contribution in [-0.4, -0.2) is 59.0 Å². The summed E-state index contributed by atoms with van der Waals surface area (Å²) in [7, 11) is 0. The van der Waals surface area contributed by atoms with E-state index in [4.69, 9.17) is 9.47 Å². The van der Waals surface area contributed by atoms with Crippen LogP contribution in [0.2, 0.25) is 0 Å². The fourth-order valence-electron chi connectivity index (χ4n) is 7.18. The van der Waals surface area contributed by atoms with Gasteiger partial charge in [0.2, 0.25) is 0 Å². The maximum absolute atomic E-state index is 13.2. The summed E-state index contributed by atoms with van der Waals surface area (Å²) in [5.41, 5.74) is 6.01. The summed E-state index contributed by atoms with van der Waals surface area (Å²) < 4.78 is 11.6. The van der Waals surface area contributed by atoms with Crippen LogP contribution in [0.5, 0.6) is 11.5 Å². The van der Waals surface area contributed by atoms with Gasteiger partial charge in [-0.1, -0.05) is 133 Å². The third-order valence-corrected chi connectivity index (χ3v) is 10.8. The van der Waals surface area contributed by atoms with Crippen molar-refractivity contribution in [3.8, 4) is 35.2 Å². The molecule has 10 nitrogen and oxygen atoms in total. The largest absolute Gasteiger partial charge is 0.490 e. The predicted octanol–water partition coefficient (Wildman–Crippen LogP) is 10.3. The van der Waals surface area contributed by atoms with E-state index >= 15 is 0 Å². The molecule has 0 bridgehead atoms. The van der Waals surface area contributed by atoms with Crippen LogP contribution in [0.4, 0.5) is 11.4 Å². The normalized spacial score (nSPS) is 11.5. The molecule has 4 N–H and O–H groups in total. The Morgan fingerprint density at radius 1 is 0.457 bits per heavy atom. The monoisotopic (exact) mass is 924 g/mol. The molecule has 0 amide bonds. The lowest BCUT2D eigenvalue weighted by molar-refractivity contribution is -0.138. The number of aliphatic carboxylic acids is 2. The number of rotatable bonds is 20. The zero-order valence-corrected chi connectivity index (χ0v) is 38.0. The van der Waals surface area contributed by atoms with Gasteiger partial charge in [0.15, 0.2) is 11.6 Å². The van der Waals surface area contributed by atoms with E-state index in [2.05, 4.69) is 34.3 Å². The van der Waals surface area contributed by atoms with Crippen molar-refractivity contribution in [1.29, 1.82) is 0 Å². The van der Waals surface area contributed by atoms with Crippen molar-refractivity contribution in [1.82, 2.24) is 0 Å². The van der Waals surface area contributed by atoms with Crippen molar-refractivity contribution in [2.24, 2.45) is 0 Å². The van der Waals surface area contributed by atoms with Gasteiger partial charge in [0.25, 0.3) is 0 Å². The Bertz CT molecular complexity index is 2880. The van der Waals surface area contributed by atoms with Gasteiger partial charge in [0.1, 0.15) is 36.8 Å². The molecule has 0 spiro atoms. The average molecular weight is 925 g/mol. The zero-order chi connectivity index (χ0) is 48.9. The van der Waals surface area contributed by atoms with Crippen molar-refractivity contribution in [3.63, 3.8) is 0 Å². The molecule has 0 fully saturated rings. The molecule has 0 saturated carbocycles. The van der Waals surface area contributed by atoms with E-state index in [0.29, 0.717) is 58.3 Å². The van der Waals surface area contributed by atoms with Crippen molar-refractivity contribution in [2.45, 2.75) is 24.9 Å².